The van der Waals surface area contributed by atoms with E-state index in [2.05, 4.69) is 0 Å². The van der Waals surface area contributed by atoms with Crippen molar-refractivity contribution in [2.24, 2.45) is 0 Å². The minimum absolute atomic E-state index is 0.153. The molecule has 6 heteroatoms. The average molecular weight is 389 g/mol. The second-order valence-electron chi connectivity index (χ2n) is 5.89. The summed E-state index contributed by atoms with van der Waals surface area (Å²) >= 11 is 12.3. The lowest BCUT2D eigenvalue weighted by atomic mass is 10.1. The van der Waals surface area contributed by atoms with Crippen LogP contribution in [0, 0.1) is 0 Å². The maximum Gasteiger partial charge on any atom is 0.332 e. The fourth-order valence-corrected chi connectivity index (χ4v) is 3.31. The van der Waals surface area contributed by atoms with Crippen LogP contribution in [0.25, 0.3) is 11.1 Å². The van der Waals surface area contributed by atoms with Gasteiger partial charge in [0.25, 0.3) is 5.56 Å². The van der Waals surface area contributed by atoms with E-state index in [0.29, 0.717) is 30.0 Å². The van der Waals surface area contributed by atoms with Gasteiger partial charge in [0.2, 0.25) is 0 Å². The second kappa shape index (κ2) is 8.39. The molecule has 0 aliphatic carbocycles. The summed E-state index contributed by atoms with van der Waals surface area (Å²) in [6.07, 6.45) is 0.582. The van der Waals surface area contributed by atoms with Crippen LogP contribution < -0.4 is 11.2 Å². The fraction of sp³-hybridized carbons (Fsp3) is 0.200. The summed E-state index contributed by atoms with van der Waals surface area (Å²) in [6, 6.07) is 18.6. The number of aromatic nitrogens is 2. The summed E-state index contributed by atoms with van der Waals surface area (Å²) in [5.41, 5.74) is 1.07. The molecule has 3 aromatic rings. The normalized spacial score (nSPS) is 10.8. The molecule has 0 spiro atoms. The number of hydrogen-bond donors (Lipinski definition) is 0. The third kappa shape index (κ3) is 3.76. The molecular weight excluding hydrogens is 371 g/mol. The molecule has 1 aromatic heterocycles. The van der Waals surface area contributed by atoms with Gasteiger partial charge >= 0.3 is 5.69 Å². The highest BCUT2D eigenvalue weighted by Crippen LogP contribution is 2.23. The summed E-state index contributed by atoms with van der Waals surface area (Å²) in [7, 11) is 0. The average Bonchev–Trinajstić information content (AvgIpc) is 2.67. The van der Waals surface area contributed by atoms with Crippen LogP contribution in [0.3, 0.4) is 0 Å². The molecule has 0 amide bonds. The molecule has 0 aliphatic rings. The van der Waals surface area contributed by atoms with Crippen molar-refractivity contribution in [3.05, 3.63) is 92.2 Å². The van der Waals surface area contributed by atoms with Gasteiger partial charge in [0.15, 0.2) is 0 Å². The number of nitrogens with zero attached hydrogens (tertiary/aromatic N) is 2. The minimum Gasteiger partial charge on any atom is -0.283 e. The summed E-state index contributed by atoms with van der Waals surface area (Å²) in [4.78, 5) is 26.0. The van der Waals surface area contributed by atoms with Crippen molar-refractivity contribution in [2.45, 2.75) is 19.5 Å². The maximum absolute atomic E-state index is 13.1. The Morgan fingerprint density at radius 2 is 1.46 bits per heavy atom. The van der Waals surface area contributed by atoms with Crippen molar-refractivity contribution in [1.82, 2.24) is 9.13 Å². The van der Waals surface area contributed by atoms with Gasteiger partial charge in [0.05, 0.1) is 12.1 Å². The Balaban J connectivity index is 2.23. The van der Waals surface area contributed by atoms with Gasteiger partial charge in [-0.05, 0) is 17.5 Å². The molecule has 0 saturated heterocycles. The van der Waals surface area contributed by atoms with Gasteiger partial charge in [-0.15, -0.1) is 11.6 Å². The zero-order valence-corrected chi connectivity index (χ0v) is 15.6. The van der Waals surface area contributed by atoms with Crippen LogP contribution in [0.2, 0.25) is 5.15 Å². The first-order chi connectivity index (χ1) is 12.6. The predicted octanol–water partition coefficient (Wildman–Crippen LogP) is 4.01. The quantitative estimate of drug-likeness (QED) is 0.472. The molecule has 134 valence electrons. The van der Waals surface area contributed by atoms with E-state index in [1.165, 1.54) is 9.13 Å². The molecule has 0 saturated carbocycles. The van der Waals surface area contributed by atoms with Gasteiger partial charge < -0.3 is 0 Å². The zero-order chi connectivity index (χ0) is 18.5. The van der Waals surface area contributed by atoms with E-state index in [4.69, 9.17) is 23.2 Å². The first kappa shape index (κ1) is 18.5. The van der Waals surface area contributed by atoms with E-state index in [9.17, 15) is 9.59 Å². The number of benzene rings is 2. The molecule has 0 fully saturated rings. The van der Waals surface area contributed by atoms with E-state index in [1.807, 2.05) is 60.7 Å². The third-order valence-corrected chi connectivity index (χ3v) is 4.79. The fourth-order valence-electron chi connectivity index (χ4n) is 2.84. The van der Waals surface area contributed by atoms with Crippen LogP contribution in [0.4, 0.5) is 0 Å². The lowest BCUT2D eigenvalue weighted by Gasteiger charge is -2.16. The highest BCUT2D eigenvalue weighted by molar-refractivity contribution is 6.32. The summed E-state index contributed by atoms with van der Waals surface area (Å²) in [6.45, 7) is 0.548. The lowest BCUT2D eigenvalue weighted by Crippen LogP contribution is -2.41. The predicted molar refractivity (Wildman–Crippen MR) is 106 cm³/mol. The van der Waals surface area contributed by atoms with E-state index >= 15 is 0 Å². The Morgan fingerprint density at radius 3 is 2.08 bits per heavy atom. The van der Waals surface area contributed by atoms with Crippen LogP contribution in [0.15, 0.2) is 70.3 Å². The smallest absolute Gasteiger partial charge is 0.283 e. The summed E-state index contributed by atoms with van der Waals surface area (Å²) in [5.74, 6) is 0.404. The number of halogens is 2. The molecule has 26 heavy (non-hydrogen) atoms. The van der Waals surface area contributed by atoms with Crippen molar-refractivity contribution < 1.29 is 0 Å². The van der Waals surface area contributed by atoms with Gasteiger partial charge in [0.1, 0.15) is 5.15 Å². The topological polar surface area (TPSA) is 44.0 Å². The molecule has 4 nitrogen and oxygen atoms in total. The minimum atomic E-state index is -0.423. The Hall–Kier alpha value is -2.30. The Morgan fingerprint density at radius 1 is 0.846 bits per heavy atom. The van der Waals surface area contributed by atoms with Gasteiger partial charge in [-0.3, -0.25) is 13.9 Å². The zero-order valence-electron chi connectivity index (χ0n) is 14.1. The van der Waals surface area contributed by atoms with Crippen LogP contribution in [0.5, 0.6) is 0 Å². The van der Waals surface area contributed by atoms with Crippen LogP contribution in [-0.4, -0.2) is 15.0 Å². The van der Waals surface area contributed by atoms with Crippen LogP contribution in [0.1, 0.15) is 12.0 Å². The molecular formula is C20H18Cl2N2O2. The monoisotopic (exact) mass is 388 g/mol. The van der Waals surface area contributed by atoms with Gasteiger partial charge in [0, 0.05) is 12.4 Å². The van der Waals surface area contributed by atoms with Crippen molar-refractivity contribution in [1.29, 1.82) is 0 Å². The third-order valence-electron chi connectivity index (χ3n) is 4.13. The van der Waals surface area contributed by atoms with E-state index < -0.39 is 11.2 Å². The summed E-state index contributed by atoms with van der Waals surface area (Å²) < 4.78 is 2.66. The SMILES string of the molecule is O=c1c(-c2ccccc2)c(Cl)n(CCCCl)c(=O)n1Cc1ccccc1. The van der Waals surface area contributed by atoms with Crippen LogP contribution >= 0.6 is 23.2 Å². The van der Waals surface area contributed by atoms with Gasteiger partial charge in [-0.1, -0.05) is 72.3 Å². The van der Waals surface area contributed by atoms with Crippen molar-refractivity contribution in [3.8, 4) is 11.1 Å². The molecule has 0 unspecified atom stereocenters. The summed E-state index contributed by atoms with van der Waals surface area (Å²) in [5, 5.41) is 0.153. The van der Waals surface area contributed by atoms with E-state index in [-0.39, 0.29) is 11.7 Å². The Kier molecular flexibility index (Phi) is 5.96. The molecule has 3 rings (SSSR count). The number of alkyl halides is 1. The molecule has 0 radical (unpaired) electrons. The molecule has 1 heterocycles. The molecule has 2 aromatic carbocycles. The van der Waals surface area contributed by atoms with Crippen molar-refractivity contribution in [2.75, 3.05) is 5.88 Å². The molecule has 0 bridgehead atoms. The van der Waals surface area contributed by atoms with Gasteiger partial charge in [-0.2, -0.15) is 0 Å². The van der Waals surface area contributed by atoms with Crippen LogP contribution in [-0.2, 0) is 13.1 Å². The maximum atomic E-state index is 13.1. The first-order valence-electron chi connectivity index (χ1n) is 8.32. The van der Waals surface area contributed by atoms with Crippen molar-refractivity contribution >= 4 is 23.2 Å². The van der Waals surface area contributed by atoms with E-state index in [1.54, 1.807) is 0 Å². The second-order valence-corrected chi connectivity index (χ2v) is 6.62. The van der Waals surface area contributed by atoms with E-state index in [0.717, 1.165) is 5.56 Å². The largest absolute Gasteiger partial charge is 0.332 e. The van der Waals surface area contributed by atoms with Crippen molar-refractivity contribution in [3.63, 3.8) is 0 Å². The Labute approximate surface area is 161 Å². The first-order valence-corrected chi connectivity index (χ1v) is 9.23. The number of hydrogen-bond acceptors (Lipinski definition) is 2. The molecule has 0 N–H and O–H groups in total. The van der Waals surface area contributed by atoms with Gasteiger partial charge in [-0.25, -0.2) is 4.79 Å². The number of rotatable bonds is 6. The Bertz CT molecular complexity index is 996. The lowest BCUT2D eigenvalue weighted by molar-refractivity contribution is 0.575. The highest BCUT2D eigenvalue weighted by atomic mass is 35.5. The molecule has 0 aliphatic heterocycles. The highest BCUT2D eigenvalue weighted by Gasteiger charge is 2.19. The molecule has 0 atom stereocenters. The standard InChI is InChI=1S/C20H18Cl2N2O2/c21-12-7-13-23-18(22)17(16-10-5-2-6-11-16)19(25)24(20(23)26)14-15-8-3-1-4-9-15/h1-6,8-11H,7,12-14H2.